The first-order valence-corrected chi connectivity index (χ1v) is 6.91. The molecular weight excluding hydrogens is 196 g/mol. The summed E-state index contributed by atoms with van der Waals surface area (Å²) in [6.45, 7) is 7.33. The van der Waals surface area contributed by atoms with Crippen LogP contribution >= 0.6 is 0 Å². The van der Waals surface area contributed by atoms with Gasteiger partial charge in [0.1, 0.15) is 0 Å². The lowest BCUT2D eigenvalue weighted by Crippen LogP contribution is -2.27. The first-order valence-electron chi connectivity index (χ1n) is 6.91. The van der Waals surface area contributed by atoms with E-state index in [1.807, 2.05) is 6.08 Å². The van der Waals surface area contributed by atoms with Crippen molar-refractivity contribution in [3.8, 4) is 0 Å². The minimum absolute atomic E-state index is 0.189. The van der Waals surface area contributed by atoms with Crippen LogP contribution in [0.3, 0.4) is 0 Å². The van der Waals surface area contributed by atoms with E-state index in [0.29, 0.717) is 0 Å². The fraction of sp³-hybridized carbons (Fsp3) is 0.867. The van der Waals surface area contributed by atoms with Gasteiger partial charge in [0, 0.05) is 0 Å². The molecule has 1 heteroatoms. The quantitative estimate of drug-likeness (QED) is 0.699. The SMILES string of the molecule is CC1CCC(C(C)C)C(CCC=CCO)C1. The zero-order chi connectivity index (χ0) is 12.0. The maximum absolute atomic E-state index is 8.70. The minimum atomic E-state index is 0.189. The summed E-state index contributed by atoms with van der Waals surface area (Å²) in [6, 6.07) is 0. The zero-order valence-corrected chi connectivity index (χ0v) is 11.2. The molecule has 0 bridgehead atoms. The maximum atomic E-state index is 8.70. The van der Waals surface area contributed by atoms with Gasteiger partial charge in [-0.3, -0.25) is 0 Å². The average molecular weight is 224 g/mol. The Morgan fingerprint density at radius 1 is 1.25 bits per heavy atom. The molecule has 1 nitrogen and oxygen atoms in total. The Bertz CT molecular complexity index is 207. The second kappa shape index (κ2) is 7.11. The molecule has 16 heavy (non-hydrogen) atoms. The van der Waals surface area contributed by atoms with Crippen LogP contribution in [0.5, 0.6) is 0 Å². The molecule has 94 valence electrons. The molecule has 3 unspecified atom stereocenters. The Hall–Kier alpha value is -0.300. The fourth-order valence-electron chi connectivity index (χ4n) is 3.23. The third kappa shape index (κ3) is 4.29. The van der Waals surface area contributed by atoms with E-state index < -0.39 is 0 Å². The molecule has 1 N–H and O–H groups in total. The van der Waals surface area contributed by atoms with E-state index in [4.69, 9.17) is 5.11 Å². The first kappa shape index (κ1) is 13.8. The molecule has 3 atom stereocenters. The molecule has 1 aliphatic rings. The smallest absolute Gasteiger partial charge is 0.0612 e. The van der Waals surface area contributed by atoms with Gasteiger partial charge in [-0.15, -0.1) is 0 Å². The van der Waals surface area contributed by atoms with Crippen LogP contribution in [0.2, 0.25) is 0 Å². The van der Waals surface area contributed by atoms with Crippen LogP contribution in [0.25, 0.3) is 0 Å². The number of allylic oxidation sites excluding steroid dienone is 1. The van der Waals surface area contributed by atoms with E-state index in [2.05, 4.69) is 26.8 Å². The summed E-state index contributed by atoms with van der Waals surface area (Å²) < 4.78 is 0. The molecule has 0 aromatic carbocycles. The van der Waals surface area contributed by atoms with Crippen LogP contribution in [0.1, 0.15) is 52.9 Å². The molecular formula is C15H28O. The summed E-state index contributed by atoms with van der Waals surface area (Å²) in [6.07, 6.45) is 10.7. The molecule has 0 aromatic heterocycles. The van der Waals surface area contributed by atoms with E-state index in [0.717, 1.165) is 30.1 Å². The lowest BCUT2D eigenvalue weighted by atomic mass is 9.68. The molecule has 1 fully saturated rings. The van der Waals surface area contributed by atoms with Crippen LogP contribution in [-0.4, -0.2) is 11.7 Å². The number of hydrogen-bond donors (Lipinski definition) is 1. The molecule has 0 aromatic rings. The van der Waals surface area contributed by atoms with Crippen molar-refractivity contribution >= 4 is 0 Å². The number of aliphatic hydroxyl groups excluding tert-OH is 1. The third-order valence-corrected chi connectivity index (χ3v) is 4.14. The number of rotatable bonds is 5. The molecule has 0 spiro atoms. The minimum Gasteiger partial charge on any atom is -0.392 e. The van der Waals surface area contributed by atoms with Gasteiger partial charge in [-0.1, -0.05) is 39.3 Å². The van der Waals surface area contributed by atoms with E-state index >= 15 is 0 Å². The van der Waals surface area contributed by atoms with Crippen LogP contribution in [0.15, 0.2) is 12.2 Å². The summed E-state index contributed by atoms with van der Waals surface area (Å²) in [5, 5.41) is 8.70. The van der Waals surface area contributed by atoms with Crippen molar-refractivity contribution in [2.45, 2.75) is 52.9 Å². The second-order valence-electron chi connectivity index (χ2n) is 5.82. The molecule has 0 radical (unpaired) electrons. The topological polar surface area (TPSA) is 20.2 Å². The van der Waals surface area contributed by atoms with E-state index in [1.54, 1.807) is 0 Å². The van der Waals surface area contributed by atoms with E-state index in [1.165, 1.54) is 25.7 Å². The van der Waals surface area contributed by atoms with Gasteiger partial charge in [-0.25, -0.2) is 0 Å². The highest BCUT2D eigenvalue weighted by molar-refractivity contribution is 4.85. The summed E-state index contributed by atoms with van der Waals surface area (Å²) in [7, 11) is 0. The predicted octanol–water partition coefficient (Wildman–Crippen LogP) is 4.02. The maximum Gasteiger partial charge on any atom is 0.0612 e. The highest BCUT2D eigenvalue weighted by Gasteiger charge is 2.29. The van der Waals surface area contributed by atoms with Gasteiger partial charge in [0.15, 0.2) is 0 Å². The van der Waals surface area contributed by atoms with Crippen LogP contribution in [0, 0.1) is 23.7 Å². The van der Waals surface area contributed by atoms with Crippen molar-refractivity contribution < 1.29 is 5.11 Å². The van der Waals surface area contributed by atoms with Gasteiger partial charge in [0.2, 0.25) is 0 Å². The number of aliphatic hydroxyl groups is 1. The lowest BCUT2D eigenvalue weighted by molar-refractivity contribution is 0.137. The fourth-order valence-corrected chi connectivity index (χ4v) is 3.23. The molecule has 1 saturated carbocycles. The summed E-state index contributed by atoms with van der Waals surface area (Å²) >= 11 is 0. The van der Waals surface area contributed by atoms with E-state index in [9.17, 15) is 0 Å². The summed E-state index contributed by atoms with van der Waals surface area (Å²) in [5.74, 6) is 3.59. The van der Waals surface area contributed by atoms with Crippen molar-refractivity contribution in [1.82, 2.24) is 0 Å². The molecule has 0 amide bonds. The predicted molar refractivity (Wildman–Crippen MR) is 70.3 cm³/mol. The van der Waals surface area contributed by atoms with Gasteiger partial charge in [0.25, 0.3) is 0 Å². The average Bonchev–Trinajstić information content (AvgIpc) is 2.24. The van der Waals surface area contributed by atoms with Crippen LogP contribution in [0.4, 0.5) is 0 Å². The van der Waals surface area contributed by atoms with Crippen molar-refractivity contribution in [1.29, 1.82) is 0 Å². The third-order valence-electron chi connectivity index (χ3n) is 4.14. The Morgan fingerprint density at radius 3 is 2.62 bits per heavy atom. The molecule has 1 aliphatic carbocycles. The van der Waals surface area contributed by atoms with Gasteiger partial charge in [0.05, 0.1) is 6.61 Å². The van der Waals surface area contributed by atoms with Crippen molar-refractivity contribution in [2.75, 3.05) is 6.61 Å². The number of hydrogen-bond acceptors (Lipinski definition) is 1. The molecule has 0 saturated heterocycles. The van der Waals surface area contributed by atoms with Gasteiger partial charge in [-0.2, -0.15) is 0 Å². The van der Waals surface area contributed by atoms with E-state index in [-0.39, 0.29) is 6.61 Å². The standard InChI is InChI=1S/C15H28O/c1-12(2)15-9-8-13(3)11-14(15)7-5-4-6-10-16/h4,6,12-16H,5,7-11H2,1-3H3. The van der Waals surface area contributed by atoms with Gasteiger partial charge < -0.3 is 5.11 Å². The second-order valence-corrected chi connectivity index (χ2v) is 5.82. The molecule has 0 aliphatic heterocycles. The molecule has 1 rings (SSSR count). The first-order chi connectivity index (χ1) is 7.65. The Labute approximate surface area is 101 Å². The van der Waals surface area contributed by atoms with Gasteiger partial charge >= 0.3 is 0 Å². The zero-order valence-electron chi connectivity index (χ0n) is 11.2. The van der Waals surface area contributed by atoms with Crippen LogP contribution in [-0.2, 0) is 0 Å². The summed E-state index contributed by atoms with van der Waals surface area (Å²) in [4.78, 5) is 0. The lowest BCUT2D eigenvalue weighted by Gasteiger charge is -2.37. The van der Waals surface area contributed by atoms with Crippen molar-refractivity contribution in [2.24, 2.45) is 23.7 Å². The Morgan fingerprint density at radius 2 is 2.00 bits per heavy atom. The Kier molecular flexibility index (Phi) is 6.12. The summed E-state index contributed by atoms with van der Waals surface area (Å²) in [5.41, 5.74) is 0. The van der Waals surface area contributed by atoms with Crippen LogP contribution < -0.4 is 0 Å². The Balaban J connectivity index is 2.41. The highest BCUT2D eigenvalue weighted by atomic mass is 16.2. The van der Waals surface area contributed by atoms with Gasteiger partial charge in [-0.05, 0) is 49.4 Å². The molecule has 0 heterocycles. The monoisotopic (exact) mass is 224 g/mol. The highest BCUT2D eigenvalue weighted by Crippen LogP contribution is 2.40. The largest absolute Gasteiger partial charge is 0.392 e. The van der Waals surface area contributed by atoms with Crippen molar-refractivity contribution in [3.05, 3.63) is 12.2 Å². The van der Waals surface area contributed by atoms with Crippen molar-refractivity contribution in [3.63, 3.8) is 0 Å². The normalized spacial score (nSPS) is 31.4.